The van der Waals surface area contributed by atoms with Crippen molar-refractivity contribution >= 4 is 52.9 Å². The van der Waals surface area contributed by atoms with Gasteiger partial charge in [-0.05, 0) is 98.1 Å². The maximum atomic E-state index is 13.8. The first-order chi connectivity index (χ1) is 25.7. The second-order valence-corrected chi connectivity index (χ2v) is 25.1. The number of fused-ring (bicyclic) bond motifs is 1. The zero-order valence-corrected chi connectivity index (χ0v) is 37.5. The van der Waals surface area contributed by atoms with Crippen LogP contribution in [0, 0.1) is 15.4 Å². The molecule has 0 aliphatic carbocycles. The molecule has 0 radical (unpaired) electrons. The Kier molecular flexibility index (Phi) is 15.9. The van der Waals surface area contributed by atoms with Gasteiger partial charge in [-0.1, -0.05) is 50.4 Å². The number of ether oxygens (including phenoxy) is 6. The van der Waals surface area contributed by atoms with Gasteiger partial charge in [-0.15, -0.1) is 0 Å². The Morgan fingerprint density at radius 2 is 1.78 bits per heavy atom. The SMILES string of the molecule is CC(C)(C)OC(=O)N(COCC[Si](C)(C)C)S(=O)(=O)c1cc(I)cc(C#CCCOCCCCCCN2CC(c3ccc4c(c3)COC(C)(C)O4)OC2=O)c1. The van der Waals surface area contributed by atoms with Crippen molar-refractivity contribution in [1.29, 1.82) is 0 Å². The summed E-state index contributed by atoms with van der Waals surface area (Å²) in [5.74, 6) is 6.24. The molecule has 0 bridgehead atoms. The van der Waals surface area contributed by atoms with Crippen LogP contribution in [-0.4, -0.2) is 88.9 Å². The number of hydrogen-bond acceptors (Lipinski definition) is 10. The number of carbonyl (C=O) groups is 2. The number of halogens is 1. The van der Waals surface area contributed by atoms with Gasteiger partial charge in [0, 0.05) is 62.8 Å². The Balaban J connectivity index is 1.17. The summed E-state index contributed by atoms with van der Waals surface area (Å²) in [5, 5.41) is 0. The van der Waals surface area contributed by atoms with Gasteiger partial charge in [0.15, 0.2) is 0 Å². The van der Waals surface area contributed by atoms with Crippen molar-refractivity contribution in [2.45, 2.75) is 121 Å². The first kappa shape index (κ1) is 44.8. The van der Waals surface area contributed by atoms with E-state index in [0.29, 0.717) is 59.4 Å². The second-order valence-electron chi connectivity index (χ2n) is 16.4. The molecule has 1 unspecified atom stereocenters. The lowest BCUT2D eigenvalue weighted by molar-refractivity contribution is -0.180. The van der Waals surface area contributed by atoms with E-state index in [0.717, 1.165) is 48.6 Å². The van der Waals surface area contributed by atoms with E-state index in [1.165, 1.54) is 12.1 Å². The smallest absolute Gasteiger partial charge is 0.426 e. The van der Waals surface area contributed by atoms with Crippen LogP contribution in [0.15, 0.2) is 41.3 Å². The van der Waals surface area contributed by atoms with E-state index in [4.69, 9.17) is 28.4 Å². The predicted octanol–water partition coefficient (Wildman–Crippen LogP) is 8.69. The van der Waals surface area contributed by atoms with Crippen LogP contribution in [0.3, 0.4) is 0 Å². The molecule has 1 fully saturated rings. The van der Waals surface area contributed by atoms with E-state index >= 15 is 0 Å². The Bertz CT molecular complexity index is 1810. The topological polar surface area (TPSA) is 130 Å². The molecule has 15 heteroatoms. The number of benzene rings is 2. The van der Waals surface area contributed by atoms with E-state index in [9.17, 15) is 18.0 Å². The minimum absolute atomic E-state index is 0.0641. The molecular weight excluding hydrogens is 856 g/mol. The quantitative estimate of drug-likeness (QED) is 0.0500. The number of rotatable bonds is 17. The van der Waals surface area contributed by atoms with Crippen LogP contribution in [0.4, 0.5) is 9.59 Å². The molecule has 2 heterocycles. The zero-order chi connectivity index (χ0) is 40.4. The lowest BCUT2D eigenvalue weighted by atomic mass is 10.0. The van der Waals surface area contributed by atoms with Crippen molar-refractivity contribution in [3.63, 3.8) is 0 Å². The van der Waals surface area contributed by atoms with Gasteiger partial charge in [0.25, 0.3) is 10.0 Å². The van der Waals surface area contributed by atoms with Crippen molar-refractivity contribution in [3.8, 4) is 17.6 Å². The largest absolute Gasteiger partial charge is 0.463 e. The second kappa shape index (κ2) is 19.5. The van der Waals surface area contributed by atoms with Crippen molar-refractivity contribution in [2.75, 3.05) is 39.6 Å². The molecule has 0 saturated carbocycles. The molecular formula is C40H57IN2O10SSi. The molecule has 2 aliphatic heterocycles. The average molecular weight is 913 g/mol. The summed E-state index contributed by atoms with van der Waals surface area (Å²) in [7, 11) is -5.72. The monoisotopic (exact) mass is 912 g/mol. The van der Waals surface area contributed by atoms with Crippen LogP contribution in [0.1, 0.15) is 89.5 Å². The van der Waals surface area contributed by atoms with Crippen LogP contribution in [0.5, 0.6) is 5.75 Å². The third-order valence-corrected chi connectivity index (χ3v) is 12.6. The molecule has 304 valence electrons. The molecule has 0 aromatic heterocycles. The highest BCUT2D eigenvalue weighted by atomic mass is 127. The normalized spacial score (nSPS) is 16.8. The molecule has 1 atom stereocenters. The van der Waals surface area contributed by atoms with E-state index in [2.05, 4.69) is 31.5 Å². The van der Waals surface area contributed by atoms with Gasteiger partial charge in [0.2, 0.25) is 5.79 Å². The number of carbonyl (C=O) groups excluding carboxylic acids is 2. The summed E-state index contributed by atoms with van der Waals surface area (Å²) >= 11 is 2.04. The fourth-order valence-electron chi connectivity index (χ4n) is 5.64. The zero-order valence-electron chi connectivity index (χ0n) is 33.5. The molecule has 2 aliphatic rings. The van der Waals surface area contributed by atoms with Crippen molar-refractivity contribution < 1.29 is 46.4 Å². The number of sulfonamides is 1. The highest BCUT2D eigenvalue weighted by molar-refractivity contribution is 14.1. The molecule has 4 rings (SSSR count). The fourth-order valence-corrected chi connectivity index (χ4v) is 8.53. The first-order valence-electron chi connectivity index (χ1n) is 18.8. The molecule has 1 saturated heterocycles. The minimum Gasteiger partial charge on any atom is -0.463 e. The molecule has 0 N–H and O–H groups in total. The minimum atomic E-state index is -4.30. The number of unbranched alkanes of at least 4 members (excludes halogenated alkanes) is 3. The third-order valence-electron chi connectivity index (χ3n) is 8.61. The average Bonchev–Trinajstić information content (AvgIpc) is 3.44. The highest BCUT2D eigenvalue weighted by Crippen LogP contribution is 2.35. The van der Waals surface area contributed by atoms with Crippen LogP contribution in [-0.2, 0) is 40.3 Å². The van der Waals surface area contributed by atoms with Crippen LogP contribution in [0.2, 0.25) is 25.7 Å². The number of amides is 2. The Morgan fingerprint density at radius 1 is 1.04 bits per heavy atom. The standard InChI is InChI=1S/C40H57IN2O10SSi/c1-39(2,3)53-38(45)43(29-49-21-22-55(6,7)8)54(46,47)34-24-30(23-33(41)26-34)15-11-14-20-48-19-13-10-9-12-18-42-27-36(51-37(42)44)31-16-17-35-32(25-31)28-50-40(4,5)52-35/h16-17,23-26,36H,9-10,12-14,18-22,27-29H2,1-8H3. The van der Waals surface area contributed by atoms with Gasteiger partial charge in [-0.2, -0.15) is 4.31 Å². The van der Waals surface area contributed by atoms with Gasteiger partial charge in [-0.3, -0.25) is 0 Å². The molecule has 2 aromatic carbocycles. The molecule has 2 aromatic rings. The summed E-state index contributed by atoms with van der Waals surface area (Å²) < 4.78 is 63.0. The first-order valence-corrected chi connectivity index (χ1v) is 25.1. The Morgan fingerprint density at radius 3 is 2.51 bits per heavy atom. The van der Waals surface area contributed by atoms with E-state index in [-0.39, 0.29) is 17.1 Å². The lowest BCUT2D eigenvalue weighted by Crippen LogP contribution is -2.42. The molecule has 0 spiro atoms. The van der Waals surface area contributed by atoms with Gasteiger partial charge in [-0.25, -0.2) is 18.0 Å². The summed E-state index contributed by atoms with van der Waals surface area (Å²) in [4.78, 5) is 27.3. The van der Waals surface area contributed by atoms with Crippen LogP contribution >= 0.6 is 22.6 Å². The summed E-state index contributed by atoms with van der Waals surface area (Å²) in [5.41, 5.74) is 1.51. The predicted molar refractivity (Wildman–Crippen MR) is 221 cm³/mol. The third kappa shape index (κ3) is 14.5. The van der Waals surface area contributed by atoms with Crippen LogP contribution in [0.25, 0.3) is 0 Å². The van der Waals surface area contributed by atoms with Crippen molar-refractivity contribution in [2.24, 2.45) is 0 Å². The van der Waals surface area contributed by atoms with Crippen molar-refractivity contribution in [1.82, 2.24) is 9.21 Å². The summed E-state index contributed by atoms with van der Waals surface area (Å²) in [6, 6.07) is 11.5. The van der Waals surface area contributed by atoms with Crippen LogP contribution < -0.4 is 4.74 Å². The molecule has 55 heavy (non-hydrogen) atoms. The number of nitrogens with zero attached hydrogens (tertiary/aromatic N) is 2. The van der Waals surface area contributed by atoms with Gasteiger partial charge < -0.3 is 33.3 Å². The highest BCUT2D eigenvalue weighted by Gasteiger charge is 2.35. The van der Waals surface area contributed by atoms with E-state index in [1.54, 1.807) is 31.7 Å². The van der Waals surface area contributed by atoms with Gasteiger partial charge in [0.1, 0.15) is 24.2 Å². The fraction of sp³-hybridized carbons (Fsp3) is 0.600. The maximum Gasteiger partial charge on any atom is 0.426 e. The van der Waals surface area contributed by atoms with Gasteiger partial charge in [0.05, 0.1) is 24.7 Å². The lowest BCUT2D eigenvalue weighted by Gasteiger charge is -2.32. The van der Waals surface area contributed by atoms with E-state index < -0.39 is 42.3 Å². The maximum absolute atomic E-state index is 13.8. The van der Waals surface area contributed by atoms with Gasteiger partial charge >= 0.3 is 12.2 Å². The molecule has 2 amide bonds. The molecule has 12 nitrogen and oxygen atoms in total. The number of hydrogen-bond donors (Lipinski definition) is 0. The summed E-state index contributed by atoms with van der Waals surface area (Å²) in [6.07, 6.45) is 2.60. The van der Waals surface area contributed by atoms with Crippen molar-refractivity contribution in [3.05, 3.63) is 56.7 Å². The Labute approximate surface area is 342 Å². The number of cyclic esters (lactones) is 1. The van der Waals surface area contributed by atoms with E-state index in [1.807, 2.05) is 54.6 Å². The Hall–Kier alpha value is -2.88. The summed E-state index contributed by atoms with van der Waals surface area (Å²) in [6.45, 7) is 18.0.